The minimum absolute atomic E-state index is 0.189. The Hall–Kier alpha value is -2.60. The fourth-order valence-electron chi connectivity index (χ4n) is 2.48. The topological polar surface area (TPSA) is 52.0 Å². The van der Waals surface area contributed by atoms with E-state index in [0.29, 0.717) is 18.0 Å². The molecule has 0 saturated carbocycles. The third-order valence-electron chi connectivity index (χ3n) is 4.23. The molecule has 0 bridgehead atoms. The van der Waals surface area contributed by atoms with Gasteiger partial charge in [0.05, 0.1) is 27.0 Å². The Bertz CT molecular complexity index is 736. The highest BCUT2D eigenvalue weighted by atomic mass is 19.1. The molecule has 2 aromatic carbocycles. The van der Waals surface area contributed by atoms with Gasteiger partial charge in [0.25, 0.3) is 5.91 Å². The van der Waals surface area contributed by atoms with Crippen LogP contribution in [0, 0.1) is 5.82 Å². The molecule has 0 aromatic heterocycles. The number of quaternary nitrogens is 1. The Balaban J connectivity index is 2.06. The molecule has 0 radical (unpaired) electrons. The van der Waals surface area contributed by atoms with Gasteiger partial charge >= 0.3 is 0 Å². The van der Waals surface area contributed by atoms with Crippen molar-refractivity contribution in [1.82, 2.24) is 0 Å². The molecule has 0 aliphatic rings. The number of amides is 1. The molecule has 0 aliphatic heterocycles. The van der Waals surface area contributed by atoms with Gasteiger partial charge in [0, 0.05) is 11.6 Å². The molecular weight excluding hydrogens is 323 g/mol. The van der Waals surface area contributed by atoms with Gasteiger partial charge in [-0.1, -0.05) is 12.1 Å². The maximum Gasteiger partial charge on any atom is 0.282 e. The number of methoxy groups -OCH3 is 2. The van der Waals surface area contributed by atoms with Gasteiger partial charge in [-0.05, 0) is 31.2 Å². The fraction of sp³-hybridized carbons (Fsp3) is 0.316. The van der Waals surface area contributed by atoms with Crippen LogP contribution in [0.1, 0.15) is 12.5 Å². The van der Waals surface area contributed by atoms with Gasteiger partial charge in [0.1, 0.15) is 23.9 Å². The maximum absolute atomic E-state index is 13.7. The van der Waals surface area contributed by atoms with E-state index in [-0.39, 0.29) is 17.6 Å². The minimum atomic E-state index is -0.447. The Morgan fingerprint density at radius 1 is 1.20 bits per heavy atom. The number of likely N-dealkylation sites (N-methyl/N-ethyl adjacent to an activating group) is 1. The smallest absolute Gasteiger partial charge is 0.282 e. The molecule has 134 valence electrons. The highest BCUT2D eigenvalue weighted by molar-refractivity contribution is 5.93. The number of para-hydroxylation sites is 1. The quantitative estimate of drug-likeness (QED) is 0.804. The normalized spacial score (nSPS) is 13.0. The highest BCUT2D eigenvalue weighted by Gasteiger charge is 2.24. The summed E-state index contributed by atoms with van der Waals surface area (Å²) in [6, 6.07) is 11.3. The number of carbonyl (C=O) groups is 1. The third-order valence-corrected chi connectivity index (χ3v) is 4.23. The predicted octanol–water partition coefficient (Wildman–Crippen LogP) is 1.88. The summed E-state index contributed by atoms with van der Waals surface area (Å²) in [5.41, 5.74) is 1.15. The van der Waals surface area contributed by atoms with Crippen molar-refractivity contribution in [3.05, 3.63) is 53.8 Å². The van der Waals surface area contributed by atoms with E-state index in [4.69, 9.17) is 9.47 Å². The first kappa shape index (κ1) is 18.7. The molecule has 0 spiro atoms. The number of nitrogens with one attached hydrogen (secondary N) is 2. The van der Waals surface area contributed by atoms with E-state index in [1.54, 1.807) is 32.4 Å². The van der Waals surface area contributed by atoms with Crippen LogP contribution in [0.2, 0.25) is 0 Å². The van der Waals surface area contributed by atoms with Crippen LogP contribution >= 0.6 is 0 Å². The lowest BCUT2D eigenvalue weighted by atomic mass is 10.1. The van der Waals surface area contributed by atoms with Crippen LogP contribution in [0.3, 0.4) is 0 Å². The summed E-state index contributed by atoms with van der Waals surface area (Å²) in [5, 5.41) is 2.64. The molecule has 2 aromatic rings. The highest BCUT2D eigenvalue weighted by Crippen LogP contribution is 2.23. The summed E-state index contributed by atoms with van der Waals surface area (Å²) >= 11 is 0. The summed E-state index contributed by atoms with van der Waals surface area (Å²) < 4.78 is 24.3. The molecule has 0 aliphatic carbocycles. The molecule has 0 fully saturated rings. The average molecular weight is 347 g/mol. The van der Waals surface area contributed by atoms with Crippen LogP contribution < -0.4 is 19.7 Å². The Morgan fingerprint density at radius 3 is 2.56 bits per heavy atom. The lowest BCUT2D eigenvalue weighted by Crippen LogP contribution is -3.12. The first-order chi connectivity index (χ1) is 12.0. The summed E-state index contributed by atoms with van der Waals surface area (Å²) in [4.78, 5) is 13.4. The minimum Gasteiger partial charge on any atom is -0.497 e. The Morgan fingerprint density at radius 2 is 1.92 bits per heavy atom. The van der Waals surface area contributed by atoms with E-state index in [0.717, 1.165) is 10.5 Å². The number of hydrogen-bond donors (Lipinski definition) is 2. The number of halogens is 1. The van der Waals surface area contributed by atoms with Gasteiger partial charge in [0.15, 0.2) is 6.04 Å². The number of carbonyl (C=O) groups excluding carboxylic acids is 1. The molecule has 5 nitrogen and oxygen atoms in total. The number of benzene rings is 2. The monoisotopic (exact) mass is 347 g/mol. The summed E-state index contributed by atoms with van der Waals surface area (Å²) in [5.74, 6) is 0.733. The number of hydrogen-bond acceptors (Lipinski definition) is 3. The zero-order valence-electron chi connectivity index (χ0n) is 14.9. The molecule has 2 N–H and O–H groups in total. The van der Waals surface area contributed by atoms with Gasteiger partial charge in [-0.3, -0.25) is 4.79 Å². The molecular formula is C19H24FN2O3+. The fourth-order valence-corrected chi connectivity index (χ4v) is 2.48. The van der Waals surface area contributed by atoms with E-state index in [1.165, 1.54) is 6.07 Å². The first-order valence-electron chi connectivity index (χ1n) is 8.05. The largest absolute Gasteiger partial charge is 0.497 e. The van der Waals surface area contributed by atoms with Crippen molar-refractivity contribution < 1.29 is 23.6 Å². The molecule has 1 amide bonds. The first-order valence-corrected chi connectivity index (χ1v) is 8.05. The summed E-state index contributed by atoms with van der Waals surface area (Å²) in [6.07, 6.45) is 0. The van der Waals surface area contributed by atoms with E-state index >= 15 is 0 Å². The zero-order chi connectivity index (χ0) is 18.4. The number of anilines is 1. The van der Waals surface area contributed by atoms with Crippen molar-refractivity contribution >= 4 is 11.6 Å². The number of rotatable bonds is 7. The molecule has 2 atom stereocenters. The van der Waals surface area contributed by atoms with Crippen LogP contribution in [-0.2, 0) is 11.3 Å². The van der Waals surface area contributed by atoms with Crippen LogP contribution in [0.25, 0.3) is 0 Å². The third kappa shape index (κ3) is 4.70. The van der Waals surface area contributed by atoms with Crippen molar-refractivity contribution in [2.45, 2.75) is 19.5 Å². The van der Waals surface area contributed by atoms with Gasteiger partial charge in [-0.15, -0.1) is 0 Å². The molecule has 0 heterocycles. The van der Waals surface area contributed by atoms with E-state index in [9.17, 15) is 9.18 Å². The van der Waals surface area contributed by atoms with Crippen LogP contribution in [0.15, 0.2) is 42.5 Å². The lowest BCUT2D eigenvalue weighted by Gasteiger charge is -2.22. The average Bonchev–Trinajstić information content (AvgIpc) is 2.63. The van der Waals surface area contributed by atoms with E-state index < -0.39 is 5.82 Å². The molecule has 1 unspecified atom stereocenters. The molecule has 2 rings (SSSR count). The van der Waals surface area contributed by atoms with Crippen molar-refractivity contribution in [2.75, 3.05) is 26.6 Å². The van der Waals surface area contributed by atoms with Crippen LogP contribution in [0.4, 0.5) is 10.1 Å². The van der Waals surface area contributed by atoms with Crippen molar-refractivity contribution in [3.63, 3.8) is 0 Å². The van der Waals surface area contributed by atoms with Gasteiger partial charge in [0.2, 0.25) is 0 Å². The Kier molecular flexibility index (Phi) is 6.36. The van der Waals surface area contributed by atoms with Crippen LogP contribution in [0.5, 0.6) is 11.5 Å². The van der Waals surface area contributed by atoms with Gasteiger partial charge < -0.3 is 19.7 Å². The van der Waals surface area contributed by atoms with E-state index in [2.05, 4.69) is 5.32 Å². The second-order valence-corrected chi connectivity index (χ2v) is 5.89. The van der Waals surface area contributed by atoms with Crippen molar-refractivity contribution in [1.29, 1.82) is 0 Å². The molecule has 0 saturated heterocycles. The SMILES string of the molecule is COc1ccc(C[NH+](C)[C@@H](C)C(=O)Nc2ccccc2F)c(OC)c1. The van der Waals surface area contributed by atoms with Crippen molar-refractivity contribution in [2.24, 2.45) is 0 Å². The standard InChI is InChI=1S/C19H23FN2O3/c1-13(19(23)21-17-8-6-5-7-16(17)20)22(2)12-14-9-10-15(24-3)11-18(14)25-4/h5-11,13H,12H2,1-4H3,(H,21,23)/p+1/t13-/m0/s1. The van der Waals surface area contributed by atoms with Crippen LogP contribution in [-0.4, -0.2) is 33.2 Å². The van der Waals surface area contributed by atoms with Crippen molar-refractivity contribution in [3.8, 4) is 11.5 Å². The number of ether oxygens (including phenoxy) is 2. The zero-order valence-corrected chi connectivity index (χ0v) is 14.9. The maximum atomic E-state index is 13.7. The molecule has 6 heteroatoms. The summed E-state index contributed by atoms with van der Waals surface area (Å²) in [7, 11) is 5.11. The second-order valence-electron chi connectivity index (χ2n) is 5.89. The Labute approximate surface area is 147 Å². The molecule has 25 heavy (non-hydrogen) atoms. The lowest BCUT2D eigenvalue weighted by molar-refractivity contribution is -0.907. The van der Waals surface area contributed by atoms with Gasteiger partial charge in [-0.25, -0.2) is 4.39 Å². The predicted molar refractivity (Wildman–Crippen MR) is 94.6 cm³/mol. The second kappa shape index (κ2) is 8.48. The summed E-state index contributed by atoms with van der Waals surface area (Å²) in [6.45, 7) is 2.39. The van der Waals surface area contributed by atoms with E-state index in [1.807, 2.05) is 32.2 Å². The van der Waals surface area contributed by atoms with Gasteiger partial charge in [-0.2, -0.15) is 0 Å².